The van der Waals surface area contributed by atoms with Gasteiger partial charge >= 0.3 is 0 Å². The summed E-state index contributed by atoms with van der Waals surface area (Å²) in [6.45, 7) is 6.67. The van der Waals surface area contributed by atoms with E-state index in [0.717, 1.165) is 0 Å². The Morgan fingerprint density at radius 1 is 1.45 bits per heavy atom. The van der Waals surface area contributed by atoms with Gasteiger partial charge in [0.2, 0.25) is 0 Å². The van der Waals surface area contributed by atoms with Crippen LogP contribution in [0.25, 0.3) is 11.4 Å². The van der Waals surface area contributed by atoms with Crippen LogP contribution in [0.5, 0.6) is 5.75 Å². The normalized spacial score (nSPS) is 12.2. The van der Waals surface area contributed by atoms with E-state index < -0.39 is 11.7 Å². The Bertz CT molecular complexity index is 728. The van der Waals surface area contributed by atoms with Crippen molar-refractivity contribution in [3.63, 3.8) is 0 Å². The van der Waals surface area contributed by atoms with E-state index in [1.165, 1.54) is 6.07 Å². The van der Waals surface area contributed by atoms with E-state index in [4.69, 9.17) is 10.5 Å². The first-order valence-electron chi connectivity index (χ1n) is 6.98. The van der Waals surface area contributed by atoms with Crippen LogP contribution in [-0.4, -0.2) is 22.1 Å². The first-order valence-corrected chi connectivity index (χ1v) is 7.77. The van der Waals surface area contributed by atoms with Crippen LogP contribution >= 0.6 is 15.9 Å². The Morgan fingerprint density at radius 2 is 2.14 bits per heavy atom. The summed E-state index contributed by atoms with van der Waals surface area (Å²) >= 11 is 3.15. The van der Waals surface area contributed by atoms with Gasteiger partial charge in [-0.05, 0) is 28.9 Å². The smallest absolute Gasteiger partial charge is 0.269 e. The molecule has 1 aliphatic heterocycles. The topological polar surface area (TPSA) is 70.1 Å². The highest BCUT2D eigenvalue weighted by Crippen LogP contribution is 2.36. The van der Waals surface area contributed by atoms with Gasteiger partial charge in [0.15, 0.2) is 0 Å². The van der Waals surface area contributed by atoms with Crippen molar-refractivity contribution in [3.8, 4) is 17.1 Å². The molecule has 1 amide bonds. The van der Waals surface area contributed by atoms with Gasteiger partial charge in [-0.3, -0.25) is 4.79 Å². The van der Waals surface area contributed by atoms with Crippen molar-refractivity contribution in [1.82, 2.24) is 9.55 Å². The molecule has 2 N–H and O–H groups in total. The highest BCUT2D eigenvalue weighted by molar-refractivity contribution is 9.10. The van der Waals surface area contributed by atoms with Gasteiger partial charge in [0.05, 0.1) is 16.6 Å². The largest absolute Gasteiger partial charge is 0.491 e. The monoisotopic (exact) mass is 369 g/mol. The zero-order chi connectivity index (χ0) is 16.4. The number of imidazole rings is 1. The van der Waals surface area contributed by atoms with E-state index in [1.54, 1.807) is 13.0 Å². The number of rotatable bonds is 1. The minimum absolute atomic E-state index is 0.230. The summed E-state index contributed by atoms with van der Waals surface area (Å²) in [4.78, 5) is 15.7. The molecule has 7 heteroatoms. The van der Waals surface area contributed by atoms with Gasteiger partial charge in [0, 0.05) is 11.8 Å². The van der Waals surface area contributed by atoms with Gasteiger partial charge in [-0.2, -0.15) is 0 Å². The van der Waals surface area contributed by atoms with Gasteiger partial charge in [-0.15, -0.1) is 0 Å². The highest BCUT2D eigenvalue weighted by atomic mass is 79.9. The van der Waals surface area contributed by atoms with E-state index in [9.17, 15) is 9.18 Å². The Labute approximate surface area is 136 Å². The third kappa shape index (κ3) is 2.72. The lowest BCUT2D eigenvalue weighted by Crippen LogP contribution is -2.14. The van der Waals surface area contributed by atoms with Crippen molar-refractivity contribution in [3.05, 3.63) is 33.8 Å². The molecule has 22 heavy (non-hydrogen) atoms. The second kappa shape index (κ2) is 6.48. The average molecular weight is 370 g/mol. The molecule has 2 aromatic rings. The number of ether oxygens (including phenoxy) is 1. The Hall–Kier alpha value is -1.89. The fraction of sp³-hybridized carbons (Fsp3) is 0.333. The zero-order valence-electron chi connectivity index (χ0n) is 12.6. The summed E-state index contributed by atoms with van der Waals surface area (Å²) in [5.74, 6) is -0.0164. The average Bonchev–Trinajstić information content (AvgIpc) is 2.72. The molecule has 1 aromatic carbocycles. The minimum atomic E-state index is -0.577. The second-order valence-electron chi connectivity index (χ2n) is 4.50. The van der Waals surface area contributed by atoms with Crippen LogP contribution in [0, 0.1) is 12.7 Å². The minimum Gasteiger partial charge on any atom is -0.491 e. The maximum Gasteiger partial charge on any atom is 0.269 e. The maximum atomic E-state index is 13.6. The molecule has 0 unspecified atom stereocenters. The number of hydrogen-bond donors (Lipinski definition) is 1. The molecule has 2 heterocycles. The van der Waals surface area contributed by atoms with Crippen molar-refractivity contribution in [2.75, 3.05) is 6.61 Å². The quantitative estimate of drug-likeness (QED) is 0.838. The number of aromatic nitrogens is 2. The number of benzene rings is 1. The van der Waals surface area contributed by atoms with E-state index in [0.29, 0.717) is 40.5 Å². The van der Waals surface area contributed by atoms with Gasteiger partial charge in [-0.25, -0.2) is 9.37 Å². The van der Waals surface area contributed by atoms with Crippen LogP contribution in [0.1, 0.15) is 30.0 Å². The van der Waals surface area contributed by atoms with Crippen molar-refractivity contribution >= 4 is 21.8 Å². The fourth-order valence-corrected chi connectivity index (χ4v) is 2.66. The third-order valence-electron chi connectivity index (χ3n) is 3.29. The number of nitrogens with two attached hydrogens (primary N) is 1. The lowest BCUT2D eigenvalue weighted by atomic mass is 10.2. The molecule has 0 spiro atoms. The number of halogens is 2. The Balaban J connectivity index is 0.000000847. The summed E-state index contributed by atoms with van der Waals surface area (Å²) < 4.78 is 21.3. The number of carbonyl (C=O) groups excluding carboxylic acids is 1. The summed E-state index contributed by atoms with van der Waals surface area (Å²) in [7, 11) is 0. The molecular weight excluding hydrogens is 353 g/mol. The number of fused-ring (bicyclic) bond motifs is 3. The van der Waals surface area contributed by atoms with Crippen LogP contribution in [-0.2, 0) is 6.54 Å². The van der Waals surface area contributed by atoms with Crippen LogP contribution in [0.15, 0.2) is 16.6 Å². The first-order chi connectivity index (χ1) is 10.5. The molecule has 5 nitrogen and oxygen atoms in total. The van der Waals surface area contributed by atoms with E-state index in [1.807, 2.05) is 18.4 Å². The molecule has 3 rings (SSSR count). The van der Waals surface area contributed by atoms with Crippen LogP contribution in [0.3, 0.4) is 0 Å². The van der Waals surface area contributed by atoms with Crippen molar-refractivity contribution < 1.29 is 13.9 Å². The molecule has 0 atom stereocenters. The van der Waals surface area contributed by atoms with Crippen LogP contribution < -0.4 is 10.5 Å². The molecule has 0 aliphatic carbocycles. The first kappa shape index (κ1) is 16.5. The van der Waals surface area contributed by atoms with Crippen molar-refractivity contribution in [2.24, 2.45) is 5.73 Å². The van der Waals surface area contributed by atoms with E-state index >= 15 is 0 Å². The van der Waals surface area contributed by atoms with Gasteiger partial charge < -0.3 is 15.0 Å². The standard InChI is InChI=1S/C13H11BrFN3O2.C2H6/c1-6-11(12(16)19)17-13-7-4-8(14)9(15)5-10(7)20-3-2-18(6)13;1-2/h4-5H,2-3H2,1H3,(H2,16,19);1-2H3. The molecule has 1 aromatic heterocycles. The van der Waals surface area contributed by atoms with E-state index in [-0.39, 0.29) is 5.69 Å². The summed E-state index contributed by atoms with van der Waals surface area (Å²) in [5.41, 5.74) is 6.87. The third-order valence-corrected chi connectivity index (χ3v) is 3.90. The lowest BCUT2D eigenvalue weighted by molar-refractivity contribution is 0.0995. The molecule has 0 bridgehead atoms. The summed E-state index contributed by atoms with van der Waals surface area (Å²) in [6, 6.07) is 2.90. The van der Waals surface area contributed by atoms with Crippen LogP contribution in [0.2, 0.25) is 0 Å². The van der Waals surface area contributed by atoms with E-state index in [2.05, 4.69) is 20.9 Å². The second-order valence-corrected chi connectivity index (χ2v) is 5.35. The molecule has 0 radical (unpaired) electrons. The molecule has 118 valence electrons. The SMILES string of the molecule is CC.Cc1c(C(N)=O)nc2n1CCOc1cc(F)c(Br)cc1-2. The van der Waals surface area contributed by atoms with Gasteiger partial charge in [-0.1, -0.05) is 13.8 Å². The Kier molecular flexibility index (Phi) is 4.85. The maximum absolute atomic E-state index is 13.6. The molecule has 0 saturated carbocycles. The fourth-order valence-electron chi connectivity index (χ4n) is 2.32. The van der Waals surface area contributed by atoms with Crippen molar-refractivity contribution in [1.29, 1.82) is 0 Å². The van der Waals surface area contributed by atoms with Crippen molar-refractivity contribution in [2.45, 2.75) is 27.3 Å². The Morgan fingerprint density at radius 3 is 2.77 bits per heavy atom. The zero-order valence-corrected chi connectivity index (χ0v) is 14.2. The predicted octanol–water partition coefficient (Wildman–Crippen LogP) is 3.28. The molecular formula is C15H17BrFN3O2. The number of nitrogens with zero attached hydrogens (tertiary/aromatic N) is 2. The molecule has 0 fully saturated rings. The van der Waals surface area contributed by atoms with Gasteiger partial charge in [0.25, 0.3) is 5.91 Å². The number of carbonyl (C=O) groups is 1. The molecule has 1 aliphatic rings. The number of amides is 1. The lowest BCUT2D eigenvalue weighted by Gasteiger charge is -2.07. The number of hydrogen-bond acceptors (Lipinski definition) is 3. The number of primary amides is 1. The highest BCUT2D eigenvalue weighted by Gasteiger charge is 2.24. The van der Waals surface area contributed by atoms with Gasteiger partial charge in [0.1, 0.15) is 29.7 Å². The summed E-state index contributed by atoms with van der Waals surface area (Å²) in [6.07, 6.45) is 0. The van der Waals surface area contributed by atoms with Crippen LogP contribution in [0.4, 0.5) is 4.39 Å². The summed E-state index contributed by atoms with van der Waals surface area (Å²) in [5, 5.41) is 0. The predicted molar refractivity (Wildman–Crippen MR) is 85.4 cm³/mol. The molecule has 0 saturated heterocycles.